The van der Waals surface area contributed by atoms with Crippen LogP contribution in [-0.2, 0) is 23.8 Å². The number of rotatable bonds is 6. The smallest absolute Gasteiger partial charge is 0.407 e. The Morgan fingerprint density at radius 3 is 2.21 bits per heavy atom. The van der Waals surface area contributed by atoms with E-state index in [0.717, 1.165) is 12.2 Å². The molecule has 0 heterocycles. The van der Waals surface area contributed by atoms with Crippen molar-refractivity contribution in [1.82, 2.24) is 5.32 Å². The van der Waals surface area contributed by atoms with E-state index < -0.39 is 24.1 Å². The number of alkyl carbamates (subject to hydrolysis) is 1. The predicted molar refractivity (Wildman–Crippen MR) is 66.3 cm³/mol. The minimum Gasteiger partial charge on any atom is -0.466 e. The fourth-order valence-electron chi connectivity index (χ4n) is 0.975. The normalized spacial score (nSPS) is 12.1. The number of hydrogen-bond donors (Lipinski definition) is 1. The van der Waals surface area contributed by atoms with Gasteiger partial charge in [-0.2, -0.15) is 0 Å². The van der Waals surface area contributed by atoms with Crippen molar-refractivity contribution in [2.24, 2.45) is 5.92 Å². The molecule has 7 nitrogen and oxygen atoms in total. The molecule has 0 aliphatic heterocycles. The summed E-state index contributed by atoms with van der Waals surface area (Å²) in [6, 6.07) is 0. The van der Waals surface area contributed by atoms with Crippen LogP contribution >= 0.6 is 0 Å². The summed E-state index contributed by atoms with van der Waals surface area (Å²) in [6.07, 6.45) is 0.741. The maximum absolute atomic E-state index is 11.3. The van der Waals surface area contributed by atoms with Gasteiger partial charge in [0, 0.05) is 19.2 Å². The summed E-state index contributed by atoms with van der Waals surface area (Å²) in [5.74, 6) is -1.38. The van der Waals surface area contributed by atoms with Crippen LogP contribution in [0.2, 0.25) is 0 Å². The number of amides is 1. The number of nitrogens with one attached hydrogen (secondary N) is 1. The Morgan fingerprint density at radius 1 is 1.16 bits per heavy atom. The summed E-state index contributed by atoms with van der Waals surface area (Å²) in [5.41, 5.74) is 0. The van der Waals surface area contributed by atoms with Gasteiger partial charge >= 0.3 is 18.0 Å². The SMILES string of the molecule is CNC(=O)OC(COC(=O)C=CC(=O)OC)C(C)C. The number of carbonyl (C=O) groups is 3. The van der Waals surface area contributed by atoms with Crippen molar-refractivity contribution < 1.29 is 28.6 Å². The molecule has 1 unspecified atom stereocenters. The van der Waals surface area contributed by atoms with E-state index in [1.54, 1.807) is 0 Å². The first-order valence-electron chi connectivity index (χ1n) is 5.71. The monoisotopic (exact) mass is 273 g/mol. The lowest BCUT2D eigenvalue weighted by atomic mass is 10.1. The Hall–Kier alpha value is -2.05. The first-order chi connectivity index (χ1) is 8.90. The molecule has 0 aromatic rings. The van der Waals surface area contributed by atoms with E-state index in [2.05, 4.69) is 10.1 Å². The molecule has 0 saturated carbocycles. The molecule has 0 bridgehead atoms. The molecule has 19 heavy (non-hydrogen) atoms. The van der Waals surface area contributed by atoms with Crippen molar-refractivity contribution in [3.05, 3.63) is 12.2 Å². The second kappa shape index (κ2) is 8.96. The molecule has 0 radical (unpaired) electrons. The summed E-state index contributed by atoms with van der Waals surface area (Å²) in [4.78, 5) is 33.1. The maximum Gasteiger partial charge on any atom is 0.407 e. The lowest BCUT2D eigenvalue weighted by Gasteiger charge is -2.20. The first-order valence-corrected chi connectivity index (χ1v) is 5.71. The van der Waals surface area contributed by atoms with Gasteiger partial charge in [0.25, 0.3) is 0 Å². The van der Waals surface area contributed by atoms with E-state index >= 15 is 0 Å². The second-order valence-electron chi connectivity index (χ2n) is 3.92. The van der Waals surface area contributed by atoms with Crippen LogP contribution in [0.25, 0.3) is 0 Å². The van der Waals surface area contributed by atoms with Gasteiger partial charge in [-0.15, -0.1) is 0 Å². The van der Waals surface area contributed by atoms with Gasteiger partial charge in [0.1, 0.15) is 12.7 Å². The zero-order valence-electron chi connectivity index (χ0n) is 11.5. The zero-order valence-corrected chi connectivity index (χ0v) is 11.5. The molecule has 0 fully saturated rings. The number of methoxy groups -OCH3 is 1. The van der Waals surface area contributed by atoms with E-state index in [1.807, 2.05) is 13.8 Å². The standard InChI is InChI=1S/C12H19NO6/c1-8(2)9(19-12(16)13-3)7-18-11(15)6-5-10(14)17-4/h5-6,8-9H,7H2,1-4H3,(H,13,16). The Morgan fingerprint density at radius 2 is 1.74 bits per heavy atom. The fraction of sp³-hybridized carbons (Fsp3) is 0.583. The Balaban J connectivity index is 4.25. The van der Waals surface area contributed by atoms with Gasteiger partial charge in [-0.1, -0.05) is 13.8 Å². The highest BCUT2D eigenvalue weighted by molar-refractivity contribution is 5.91. The van der Waals surface area contributed by atoms with Crippen LogP contribution in [0.5, 0.6) is 0 Å². The van der Waals surface area contributed by atoms with Crippen LogP contribution < -0.4 is 5.32 Å². The third kappa shape index (κ3) is 7.80. The third-order valence-electron chi connectivity index (χ3n) is 2.15. The van der Waals surface area contributed by atoms with Crippen molar-refractivity contribution in [2.75, 3.05) is 20.8 Å². The van der Waals surface area contributed by atoms with Crippen LogP contribution in [0.1, 0.15) is 13.8 Å². The van der Waals surface area contributed by atoms with Gasteiger partial charge in [0.2, 0.25) is 0 Å². The molecule has 0 spiro atoms. The van der Waals surface area contributed by atoms with E-state index in [9.17, 15) is 14.4 Å². The molecule has 0 rings (SSSR count). The summed E-state index contributed by atoms with van der Waals surface area (Å²) in [5, 5.41) is 2.31. The number of hydrogen-bond acceptors (Lipinski definition) is 6. The lowest BCUT2D eigenvalue weighted by molar-refractivity contribution is -0.142. The number of carbonyl (C=O) groups excluding carboxylic acids is 3. The van der Waals surface area contributed by atoms with Crippen LogP contribution in [0.4, 0.5) is 4.79 Å². The van der Waals surface area contributed by atoms with Gasteiger partial charge in [-0.3, -0.25) is 0 Å². The fourth-order valence-corrected chi connectivity index (χ4v) is 0.975. The van der Waals surface area contributed by atoms with Crippen LogP contribution in [0.15, 0.2) is 12.2 Å². The summed E-state index contributed by atoms with van der Waals surface area (Å²) < 4.78 is 14.2. The summed E-state index contributed by atoms with van der Waals surface area (Å²) >= 11 is 0. The van der Waals surface area contributed by atoms with E-state index in [-0.39, 0.29) is 12.5 Å². The van der Waals surface area contributed by atoms with Gasteiger partial charge in [-0.25, -0.2) is 14.4 Å². The topological polar surface area (TPSA) is 90.9 Å². The largest absolute Gasteiger partial charge is 0.466 e. The Kier molecular flexibility index (Phi) is 7.99. The zero-order chi connectivity index (χ0) is 14.8. The molecule has 0 aromatic heterocycles. The number of esters is 2. The minimum atomic E-state index is -0.712. The molecular formula is C12H19NO6. The lowest BCUT2D eigenvalue weighted by Crippen LogP contribution is -2.33. The summed E-state index contributed by atoms with van der Waals surface area (Å²) in [7, 11) is 2.63. The Labute approximate surface area is 111 Å². The molecule has 0 aliphatic rings. The molecule has 1 atom stereocenters. The van der Waals surface area contributed by atoms with Crippen molar-refractivity contribution in [2.45, 2.75) is 20.0 Å². The highest BCUT2D eigenvalue weighted by Crippen LogP contribution is 2.07. The predicted octanol–water partition coefficient (Wildman–Crippen LogP) is 0.639. The molecular weight excluding hydrogens is 254 g/mol. The highest BCUT2D eigenvalue weighted by Gasteiger charge is 2.19. The van der Waals surface area contributed by atoms with Crippen LogP contribution in [0.3, 0.4) is 0 Å². The van der Waals surface area contributed by atoms with Crippen molar-refractivity contribution in [3.8, 4) is 0 Å². The van der Waals surface area contributed by atoms with Gasteiger partial charge < -0.3 is 19.5 Å². The van der Waals surface area contributed by atoms with E-state index in [0.29, 0.717) is 0 Å². The van der Waals surface area contributed by atoms with Crippen LogP contribution in [0, 0.1) is 5.92 Å². The maximum atomic E-state index is 11.3. The molecule has 1 amide bonds. The van der Waals surface area contributed by atoms with Crippen molar-refractivity contribution >= 4 is 18.0 Å². The van der Waals surface area contributed by atoms with Crippen molar-refractivity contribution in [1.29, 1.82) is 0 Å². The molecule has 7 heteroatoms. The molecule has 0 aliphatic carbocycles. The number of ether oxygens (including phenoxy) is 3. The average molecular weight is 273 g/mol. The molecule has 0 saturated heterocycles. The minimum absolute atomic E-state index is 0.0188. The van der Waals surface area contributed by atoms with Gasteiger partial charge in [0.15, 0.2) is 0 Å². The quantitative estimate of drug-likeness (QED) is 0.434. The Bertz CT molecular complexity index is 350. The van der Waals surface area contributed by atoms with Gasteiger partial charge in [-0.05, 0) is 5.92 Å². The third-order valence-corrected chi connectivity index (χ3v) is 2.15. The summed E-state index contributed by atoms with van der Waals surface area (Å²) in [6.45, 7) is 3.56. The van der Waals surface area contributed by atoms with E-state index in [4.69, 9.17) is 9.47 Å². The second-order valence-corrected chi connectivity index (χ2v) is 3.92. The molecule has 1 N–H and O–H groups in total. The molecule has 0 aromatic carbocycles. The highest BCUT2D eigenvalue weighted by atomic mass is 16.6. The van der Waals surface area contributed by atoms with Gasteiger partial charge in [0.05, 0.1) is 7.11 Å². The average Bonchev–Trinajstić information content (AvgIpc) is 2.39. The van der Waals surface area contributed by atoms with Crippen molar-refractivity contribution in [3.63, 3.8) is 0 Å². The molecule has 108 valence electrons. The van der Waals surface area contributed by atoms with E-state index in [1.165, 1.54) is 14.2 Å². The first kappa shape index (κ1) is 16.9. The van der Waals surface area contributed by atoms with Crippen LogP contribution in [-0.4, -0.2) is 44.9 Å².